The van der Waals surface area contributed by atoms with Gasteiger partial charge in [0.25, 0.3) is 0 Å². The van der Waals surface area contributed by atoms with Gasteiger partial charge in [0, 0.05) is 28.3 Å². The first kappa shape index (κ1) is 20.7. The molecule has 1 heterocycles. The van der Waals surface area contributed by atoms with E-state index in [4.69, 9.17) is 0 Å². The summed E-state index contributed by atoms with van der Waals surface area (Å²) in [5.74, 6) is 0.0428. The van der Waals surface area contributed by atoms with Crippen molar-refractivity contribution in [3.63, 3.8) is 0 Å². The zero-order valence-corrected chi connectivity index (χ0v) is 16.3. The summed E-state index contributed by atoms with van der Waals surface area (Å²) in [6.45, 7) is 3.59. The first-order valence-corrected chi connectivity index (χ1v) is 9.45. The molecule has 2 atom stereocenters. The molecule has 1 fully saturated rings. The highest BCUT2D eigenvalue weighted by molar-refractivity contribution is 7.99. The molecule has 6 heteroatoms. The van der Waals surface area contributed by atoms with Crippen molar-refractivity contribution >= 4 is 30.1 Å². The molecule has 3 nitrogen and oxygen atoms in total. The summed E-state index contributed by atoms with van der Waals surface area (Å²) < 4.78 is 12.9. The van der Waals surface area contributed by atoms with Gasteiger partial charge in [-0.05, 0) is 68.3 Å². The zero-order chi connectivity index (χ0) is 17.6. The number of rotatable bonds is 5. The van der Waals surface area contributed by atoms with Crippen molar-refractivity contribution in [2.45, 2.75) is 42.1 Å². The van der Waals surface area contributed by atoms with Crippen molar-refractivity contribution in [1.29, 1.82) is 0 Å². The average Bonchev–Trinajstić information content (AvgIpc) is 2.63. The SMILES string of the molecule is C[C@H]1C[C@@H](C(=O)NCc2ccc(Sc3ccc(F)cc3)cc2)CCN1.Cl. The van der Waals surface area contributed by atoms with Crippen LogP contribution in [-0.4, -0.2) is 18.5 Å². The maximum absolute atomic E-state index is 12.9. The Hall–Kier alpha value is -1.56. The maximum atomic E-state index is 12.9. The van der Waals surface area contributed by atoms with Gasteiger partial charge in [0.2, 0.25) is 5.91 Å². The number of nitrogens with one attached hydrogen (secondary N) is 2. The summed E-state index contributed by atoms with van der Waals surface area (Å²) in [6.07, 6.45) is 1.81. The third kappa shape index (κ3) is 6.01. The molecule has 0 aliphatic carbocycles. The average molecular weight is 395 g/mol. The Morgan fingerprint density at radius 2 is 1.77 bits per heavy atom. The highest BCUT2D eigenvalue weighted by Crippen LogP contribution is 2.27. The van der Waals surface area contributed by atoms with Crippen LogP contribution in [0.2, 0.25) is 0 Å². The second-order valence-corrected chi connectivity index (χ2v) is 7.64. The minimum Gasteiger partial charge on any atom is -0.352 e. The summed E-state index contributed by atoms with van der Waals surface area (Å²) in [7, 11) is 0. The Labute approximate surface area is 164 Å². The smallest absolute Gasteiger partial charge is 0.223 e. The molecule has 2 N–H and O–H groups in total. The van der Waals surface area contributed by atoms with Crippen molar-refractivity contribution in [3.05, 3.63) is 59.9 Å². The number of carbonyl (C=O) groups is 1. The van der Waals surface area contributed by atoms with E-state index in [-0.39, 0.29) is 30.0 Å². The molecule has 0 spiro atoms. The molecule has 3 rings (SSSR count). The Kier molecular flexibility index (Phi) is 7.94. The molecule has 0 aromatic heterocycles. The topological polar surface area (TPSA) is 41.1 Å². The van der Waals surface area contributed by atoms with E-state index in [0.717, 1.165) is 34.7 Å². The van der Waals surface area contributed by atoms with E-state index >= 15 is 0 Å². The van der Waals surface area contributed by atoms with E-state index in [0.29, 0.717) is 12.6 Å². The highest BCUT2D eigenvalue weighted by atomic mass is 35.5. The van der Waals surface area contributed by atoms with Gasteiger partial charge in [-0.1, -0.05) is 23.9 Å². The van der Waals surface area contributed by atoms with Crippen molar-refractivity contribution in [2.75, 3.05) is 6.54 Å². The van der Waals surface area contributed by atoms with Crippen molar-refractivity contribution in [1.82, 2.24) is 10.6 Å². The fourth-order valence-electron chi connectivity index (χ4n) is 3.02. The van der Waals surface area contributed by atoms with Crippen LogP contribution in [0.1, 0.15) is 25.3 Å². The molecule has 1 saturated heterocycles. The quantitative estimate of drug-likeness (QED) is 0.789. The Morgan fingerprint density at radius 1 is 1.15 bits per heavy atom. The molecule has 0 unspecified atom stereocenters. The second kappa shape index (κ2) is 9.95. The van der Waals surface area contributed by atoms with Crippen LogP contribution in [0, 0.1) is 11.7 Å². The Balaban J connectivity index is 0.00000243. The Morgan fingerprint density at radius 3 is 2.38 bits per heavy atom. The number of carbonyl (C=O) groups excluding carboxylic acids is 1. The normalized spacial score (nSPS) is 19.5. The lowest BCUT2D eigenvalue weighted by Gasteiger charge is -2.27. The standard InChI is InChI=1S/C20H23FN2OS.ClH/c1-14-12-16(10-11-22-14)20(24)23-13-15-2-6-18(7-3-15)25-19-8-4-17(21)5-9-19;/h2-9,14,16,22H,10-13H2,1H3,(H,23,24);1H/t14-,16-;/m0./s1. The second-order valence-electron chi connectivity index (χ2n) is 6.49. The van der Waals surface area contributed by atoms with Crippen molar-refractivity contribution < 1.29 is 9.18 Å². The Bertz CT molecular complexity index is 709. The number of benzene rings is 2. The summed E-state index contributed by atoms with van der Waals surface area (Å²) >= 11 is 1.59. The molecule has 1 aliphatic heterocycles. The molecule has 0 bridgehead atoms. The first-order valence-electron chi connectivity index (χ1n) is 8.63. The van der Waals surface area contributed by atoms with Gasteiger partial charge in [-0.25, -0.2) is 4.39 Å². The van der Waals surface area contributed by atoms with Crippen molar-refractivity contribution in [2.24, 2.45) is 5.92 Å². The predicted molar refractivity (Wildman–Crippen MR) is 106 cm³/mol. The van der Waals surface area contributed by atoms with Crippen LogP contribution >= 0.6 is 24.2 Å². The molecule has 26 heavy (non-hydrogen) atoms. The fraction of sp³-hybridized carbons (Fsp3) is 0.350. The van der Waals surface area contributed by atoms with E-state index in [1.165, 1.54) is 12.1 Å². The number of amides is 1. The van der Waals surface area contributed by atoms with E-state index in [1.54, 1.807) is 23.9 Å². The fourth-order valence-corrected chi connectivity index (χ4v) is 3.83. The maximum Gasteiger partial charge on any atom is 0.223 e. The van der Waals surface area contributed by atoms with Gasteiger partial charge in [-0.15, -0.1) is 12.4 Å². The van der Waals surface area contributed by atoms with Crippen LogP contribution in [0.4, 0.5) is 4.39 Å². The summed E-state index contributed by atoms with van der Waals surface area (Å²) in [5.41, 5.74) is 1.08. The van der Waals surface area contributed by atoms with Gasteiger partial charge in [0.05, 0.1) is 0 Å². The largest absolute Gasteiger partial charge is 0.352 e. The van der Waals surface area contributed by atoms with Crippen LogP contribution in [0.25, 0.3) is 0 Å². The first-order chi connectivity index (χ1) is 12.1. The van der Waals surface area contributed by atoms with Crippen LogP contribution in [-0.2, 0) is 11.3 Å². The molecule has 1 amide bonds. The van der Waals surface area contributed by atoms with Crippen LogP contribution in [0.5, 0.6) is 0 Å². The van der Waals surface area contributed by atoms with Gasteiger partial charge in [0.1, 0.15) is 5.82 Å². The van der Waals surface area contributed by atoms with Crippen molar-refractivity contribution in [3.8, 4) is 0 Å². The number of piperidine rings is 1. The van der Waals surface area contributed by atoms with E-state index in [2.05, 4.69) is 17.6 Å². The minimum absolute atomic E-state index is 0. The van der Waals surface area contributed by atoms with Gasteiger partial charge in [0.15, 0.2) is 0 Å². The lowest BCUT2D eigenvalue weighted by Crippen LogP contribution is -2.42. The molecule has 1 aliphatic rings. The number of halogens is 2. The van der Waals surface area contributed by atoms with Crippen LogP contribution < -0.4 is 10.6 Å². The molecule has 2 aromatic carbocycles. The van der Waals surface area contributed by atoms with E-state index in [9.17, 15) is 9.18 Å². The third-order valence-electron chi connectivity index (χ3n) is 4.43. The van der Waals surface area contributed by atoms with Crippen LogP contribution in [0.15, 0.2) is 58.3 Å². The highest BCUT2D eigenvalue weighted by Gasteiger charge is 2.24. The molecule has 0 saturated carbocycles. The van der Waals surface area contributed by atoms with Gasteiger partial charge in [-0.3, -0.25) is 4.79 Å². The molecule has 140 valence electrons. The van der Waals surface area contributed by atoms with E-state index in [1.807, 2.05) is 24.3 Å². The summed E-state index contributed by atoms with van der Waals surface area (Å²) in [6, 6.07) is 15.0. The molecular weight excluding hydrogens is 371 g/mol. The van der Waals surface area contributed by atoms with E-state index < -0.39 is 0 Å². The monoisotopic (exact) mass is 394 g/mol. The molecule has 0 radical (unpaired) electrons. The van der Waals surface area contributed by atoms with Gasteiger partial charge in [-0.2, -0.15) is 0 Å². The summed E-state index contributed by atoms with van der Waals surface area (Å²) in [4.78, 5) is 14.4. The number of hydrogen-bond donors (Lipinski definition) is 2. The summed E-state index contributed by atoms with van der Waals surface area (Å²) in [5, 5.41) is 6.42. The third-order valence-corrected chi connectivity index (χ3v) is 5.45. The van der Waals surface area contributed by atoms with Gasteiger partial charge < -0.3 is 10.6 Å². The molecule has 2 aromatic rings. The minimum atomic E-state index is -0.224. The lowest BCUT2D eigenvalue weighted by atomic mass is 9.92. The predicted octanol–water partition coefficient (Wildman–Crippen LogP) is 4.40. The molecular formula is C20H24ClFN2OS. The zero-order valence-electron chi connectivity index (χ0n) is 14.7. The van der Waals surface area contributed by atoms with Gasteiger partial charge >= 0.3 is 0 Å². The van der Waals surface area contributed by atoms with Crippen LogP contribution in [0.3, 0.4) is 0 Å². The lowest BCUT2D eigenvalue weighted by molar-refractivity contribution is -0.126. The number of hydrogen-bond acceptors (Lipinski definition) is 3.